The fourth-order valence-electron chi connectivity index (χ4n) is 1.73. The Balaban J connectivity index is 2.15. The Bertz CT molecular complexity index is 542. The van der Waals surface area contributed by atoms with Crippen molar-refractivity contribution in [1.29, 1.82) is 0 Å². The third-order valence-electron chi connectivity index (χ3n) is 2.62. The number of anilines is 1. The van der Waals surface area contributed by atoms with Crippen LogP contribution in [0.3, 0.4) is 0 Å². The first-order valence-corrected chi connectivity index (χ1v) is 8.18. The van der Waals surface area contributed by atoms with Crippen molar-refractivity contribution in [3.63, 3.8) is 0 Å². The van der Waals surface area contributed by atoms with Gasteiger partial charge in [-0.3, -0.25) is 0 Å². The van der Waals surface area contributed by atoms with Crippen LogP contribution in [0.15, 0.2) is 33.4 Å². The van der Waals surface area contributed by atoms with E-state index in [1.165, 1.54) is 5.56 Å². The molecule has 0 radical (unpaired) electrons. The lowest BCUT2D eigenvalue weighted by atomic mass is 10.2. The molecule has 2 rings (SSSR count). The molecule has 18 heavy (non-hydrogen) atoms. The molecule has 0 aliphatic rings. The Kier molecular flexibility index (Phi) is 4.81. The molecule has 0 saturated heterocycles. The molecule has 0 N–H and O–H groups in total. The van der Waals surface area contributed by atoms with Crippen LogP contribution in [-0.4, -0.2) is 7.05 Å². The molecule has 1 heterocycles. The highest BCUT2D eigenvalue weighted by atomic mass is 79.9. The predicted molar refractivity (Wildman–Crippen MR) is 83.2 cm³/mol. The number of alkyl halides is 1. The van der Waals surface area contributed by atoms with Gasteiger partial charge >= 0.3 is 0 Å². The maximum Gasteiger partial charge on any atom is 0.146 e. The quantitative estimate of drug-likeness (QED) is 0.648. The number of benzene rings is 1. The van der Waals surface area contributed by atoms with Gasteiger partial charge in [-0.05, 0) is 50.6 Å². The van der Waals surface area contributed by atoms with E-state index in [9.17, 15) is 4.39 Å². The minimum absolute atomic E-state index is 0.177. The standard InChI is InChI=1S/C13H12Br2FNS/c1-17(7-10-5-13(15)18-8-10)12-3-2-9(6-14)4-11(12)16/h2-5,8H,6-7H2,1H3. The number of halogens is 3. The molecule has 5 heteroatoms. The smallest absolute Gasteiger partial charge is 0.146 e. The van der Waals surface area contributed by atoms with Crippen molar-refractivity contribution in [2.45, 2.75) is 11.9 Å². The first-order chi connectivity index (χ1) is 8.60. The van der Waals surface area contributed by atoms with Crippen LogP contribution in [0, 0.1) is 5.82 Å². The van der Waals surface area contributed by atoms with Crippen molar-refractivity contribution in [1.82, 2.24) is 0 Å². The molecule has 0 aliphatic heterocycles. The fraction of sp³-hybridized carbons (Fsp3) is 0.231. The van der Waals surface area contributed by atoms with Crippen LogP contribution in [0.2, 0.25) is 0 Å². The summed E-state index contributed by atoms with van der Waals surface area (Å²) in [4.78, 5) is 1.92. The lowest BCUT2D eigenvalue weighted by Crippen LogP contribution is -2.17. The zero-order valence-corrected chi connectivity index (χ0v) is 13.8. The van der Waals surface area contributed by atoms with Crippen molar-refractivity contribution < 1.29 is 4.39 Å². The maximum absolute atomic E-state index is 13.9. The Hall–Kier alpha value is -0.390. The van der Waals surface area contributed by atoms with Gasteiger partial charge in [-0.2, -0.15) is 0 Å². The Morgan fingerprint density at radius 2 is 2.06 bits per heavy atom. The van der Waals surface area contributed by atoms with Crippen LogP contribution in [-0.2, 0) is 11.9 Å². The second kappa shape index (κ2) is 6.17. The molecule has 0 unspecified atom stereocenters. The molecule has 1 aromatic carbocycles. The molecule has 0 bridgehead atoms. The van der Waals surface area contributed by atoms with Crippen molar-refractivity contribution in [2.24, 2.45) is 0 Å². The number of nitrogens with zero attached hydrogens (tertiary/aromatic N) is 1. The first-order valence-electron chi connectivity index (χ1n) is 5.38. The summed E-state index contributed by atoms with van der Waals surface area (Å²) in [6, 6.07) is 7.40. The van der Waals surface area contributed by atoms with E-state index in [-0.39, 0.29) is 5.82 Å². The first kappa shape index (κ1) is 14.0. The van der Waals surface area contributed by atoms with Gasteiger partial charge in [0.15, 0.2) is 0 Å². The van der Waals surface area contributed by atoms with Crippen LogP contribution in [0.1, 0.15) is 11.1 Å². The number of rotatable bonds is 4. The van der Waals surface area contributed by atoms with Crippen molar-refractivity contribution in [3.8, 4) is 0 Å². The van der Waals surface area contributed by atoms with Crippen LogP contribution < -0.4 is 4.90 Å². The molecular formula is C13H12Br2FNS. The lowest BCUT2D eigenvalue weighted by Gasteiger charge is -2.19. The van der Waals surface area contributed by atoms with E-state index in [4.69, 9.17) is 0 Å². The molecule has 0 amide bonds. The second-order valence-corrected chi connectivity index (χ2v) is 6.89. The highest BCUT2D eigenvalue weighted by Gasteiger charge is 2.09. The van der Waals surface area contributed by atoms with E-state index in [0.29, 0.717) is 17.6 Å². The molecule has 0 saturated carbocycles. The van der Waals surface area contributed by atoms with Gasteiger partial charge < -0.3 is 4.90 Å². The second-order valence-electron chi connectivity index (χ2n) is 4.03. The van der Waals surface area contributed by atoms with Gasteiger partial charge in [-0.15, -0.1) is 11.3 Å². The summed E-state index contributed by atoms with van der Waals surface area (Å²) < 4.78 is 15.0. The number of hydrogen-bond donors (Lipinski definition) is 0. The van der Waals surface area contributed by atoms with Crippen molar-refractivity contribution in [3.05, 3.63) is 50.4 Å². The highest BCUT2D eigenvalue weighted by Crippen LogP contribution is 2.25. The van der Waals surface area contributed by atoms with Crippen LogP contribution in [0.5, 0.6) is 0 Å². The van der Waals surface area contributed by atoms with Crippen molar-refractivity contribution in [2.75, 3.05) is 11.9 Å². The van der Waals surface area contributed by atoms with Crippen LogP contribution in [0.25, 0.3) is 0 Å². The molecule has 0 atom stereocenters. The van der Waals surface area contributed by atoms with E-state index in [0.717, 1.165) is 9.35 Å². The van der Waals surface area contributed by atoms with Gasteiger partial charge in [0.25, 0.3) is 0 Å². The Morgan fingerprint density at radius 1 is 1.28 bits per heavy atom. The van der Waals surface area contributed by atoms with Crippen LogP contribution in [0.4, 0.5) is 10.1 Å². The van der Waals surface area contributed by atoms with E-state index >= 15 is 0 Å². The molecular weight excluding hydrogens is 381 g/mol. The summed E-state index contributed by atoms with van der Waals surface area (Å²) in [6.07, 6.45) is 0. The largest absolute Gasteiger partial charge is 0.368 e. The van der Waals surface area contributed by atoms with Gasteiger partial charge in [0.1, 0.15) is 5.82 Å². The topological polar surface area (TPSA) is 3.24 Å². The summed E-state index contributed by atoms with van der Waals surface area (Å²) in [7, 11) is 1.90. The molecule has 96 valence electrons. The van der Waals surface area contributed by atoms with Gasteiger partial charge in [0, 0.05) is 18.9 Å². The molecule has 0 aliphatic carbocycles. The zero-order valence-electron chi connectivity index (χ0n) is 9.79. The third-order valence-corrected chi connectivity index (χ3v) is 4.82. The Morgan fingerprint density at radius 3 is 2.61 bits per heavy atom. The average Bonchev–Trinajstić information content (AvgIpc) is 2.74. The fourth-order valence-corrected chi connectivity index (χ4v) is 3.28. The Labute approximate surface area is 127 Å². The van der Waals surface area contributed by atoms with E-state index in [1.807, 2.05) is 24.1 Å². The molecule has 1 aromatic heterocycles. The molecule has 0 fully saturated rings. The minimum Gasteiger partial charge on any atom is -0.368 e. The summed E-state index contributed by atoms with van der Waals surface area (Å²) in [5.41, 5.74) is 2.75. The van der Waals surface area contributed by atoms with Gasteiger partial charge in [-0.25, -0.2) is 4.39 Å². The normalized spacial score (nSPS) is 10.7. The maximum atomic E-state index is 13.9. The molecule has 0 spiro atoms. The zero-order chi connectivity index (χ0) is 13.1. The summed E-state index contributed by atoms with van der Waals surface area (Å²) in [6.45, 7) is 0.701. The summed E-state index contributed by atoms with van der Waals surface area (Å²) in [5, 5.41) is 2.75. The number of hydrogen-bond acceptors (Lipinski definition) is 2. The predicted octanol–water partition coefficient (Wildman–Crippen LogP) is 5.18. The van der Waals surface area contributed by atoms with Gasteiger partial charge in [0.2, 0.25) is 0 Å². The van der Waals surface area contributed by atoms with E-state index < -0.39 is 0 Å². The van der Waals surface area contributed by atoms with Crippen molar-refractivity contribution >= 4 is 48.9 Å². The van der Waals surface area contributed by atoms with E-state index in [1.54, 1.807) is 17.4 Å². The highest BCUT2D eigenvalue weighted by molar-refractivity contribution is 9.11. The lowest BCUT2D eigenvalue weighted by molar-refractivity contribution is 0.621. The van der Waals surface area contributed by atoms with Crippen LogP contribution >= 0.6 is 43.2 Å². The third kappa shape index (κ3) is 3.33. The molecule has 2 aromatic rings. The van der Waals surface area contributed by atoms with E-state index in [2.05, 4.69) is 43.3 Å². The average molecular weight is 393 g/mol. The van der Waals surface area contributed by atoms with Gasteiger partial charge in [0.05, 0.1) is 9.47 Å². The minimum atomic E-state index is -0.177. The summed E-state index contributed by atoms with van der Waals surface area (Å²) >= 11 is 8.40. The number of thiophene rings is 1. The summed E-state index contributed by atoms with van der Waals surface area (Å²) in [5.74, 6) is -0.177. The van der Waals surface area contributed by atoms with Gasteiger partial charge in [-0.1, -0.05) is 22.0 Å². The monoisotopic (exact) mass is 391 g/mol. The molecule has 1 nitrogen and oxygen atoms in total. The SMILES string of the molecule is CN(Cc1csc(Br)c1)c1ccc(CBr)cc1F.